The van der Waals surface area contributed by atoms with E-state index >= 15 is 0 Å². The molecule has 1 unspecified atom stereocenters. The molecule has 1 aromatic carbocycles. The Hall–Kier alpha value is -2.07. The highest BCUT2D eigenvalue weighted by Crippen LogP contribution is 2.48. The number of pyridine rings is 1. The highest BCUT2D eigenvalue weighted by Gasteiger charge is 2.45. The van der Waals surface area contributed by atoms with Crippen molar-refractivity contribution >= 4 is 5.82 Å². The number of hydrogen-bond acceptors (Lipinski definition) is 4. The lowest BCUT2D eigenvalue weighted by atomic mass is 9.73. The number of nitrogens with one attached hydrogen (secondary N) is 1. The van der Waals surface area contributed by atoms with E-state index in [1.54, 1.807) is 0 Å². The lowest BCUT2D eigenvalue weighted by molar-refractivity contribution is -0.0370. The van der Waals surface area contributed by atoms with Crippen LogP contribution in [0.2, 0.25) is 0 Å². The van der Waals surface area contributed by atoms with Crippen molar-refractivity contribution in [1.82, 2.24) is 10.3 Å². The predicted octanol–water partition coefficient (Wildman–Crippen LogP) is 3.68. The van der Waals surface area contributed by atoms with Gasteiger partial charge in [-0.15, -0.1) is 0 Å². The van der Waals surface area contributed by atoms with Crippen LogP contribution in [0.4, 0.5) is 5.82 Å². The summed E-state index contributed by atoms with van der Waals surface area (Å²) in [5, 5.41) is 3.77. The predicted molar refractivity (Wildman–Crippen MR) is 96.4 cm³/mol. The van der Waals surface area contributed by atoms with Gasteiger partial charge in [-0.2, -0.15) is 0 Å². The van der Waals surface area contributed by atoms with Gasteiger partial charge >= 0.3 is 0 Å². The largest absolute Gasteiger partial charge is 0.487 e. The highest BCUT2D eigenvalue weighted by molar-refractivity contribution is 5.45. The third kappa shape index (κ3) is 2.75. The zero-order valence-corrected chi connectivity index (χ0v) is 14.5. The summed E-state index contributed by atoms with van der Waals surface area (Å²) in [5.74, 6) is 2.09. The Morgan fingerprint density at radius 3 is 2.79 bits per heavy atom. The Morgan fingerprint density at radius 2 is 2.04 bits per heavy atom. The van der Waals surface area contributed by atoms with Crippen LogP contribution >= 0.6 is 0 Å². The van der Waals surface area contributed by atoms with E-state index in [1.807, 2.05) is 26.4 Å². The normalized spacial score (nSPS) is 20.8. The number of anilines is 1. The van der Waals surface area contributed by atoms with Gasteiger partial charge in [0.05, 0.1) is 0 Å². The van der Waals surface area contributed by atoms with Crippen molar-refractivity contribution in [2.24, 2.45) is 0 Å². The number of rotatable bonds is 4. The molecule has 2 aliphatic rings. The molecule has 0 amide bonds. The number of benzene rings is 1. The molecule has 1 atom stereocenters. The molecule has 1 spiro atoms. The smallest absolute Gasteiger partial charge is 0.132 e. The fourth-order valence-electron chi connectivity index (χ4n) is 3.88. The number of nitrogens with zero attached hydrogens (tertiary/aromatic N) is 2. The fourth-order valence-corrected chi connectivity index (χ4v) is 3.88. The van der Waals surface area contributed by atoms with Crippen molar-refractivity contribution in [2.45, 2.75) is 43.9 Å². The molecule has 2 heterocycles. The molecule has 0 saturated heterocycles. The van der Waals surface area contributed by atoms with Crippen LogP contribution in [0.1, 0.15) is 42.9 Å². The lowest BCUT2D eigenvalue weighted by Crippen LogP contribution is -2.49. The van der Waals surface area contributed by atoms with Gasteiger partial charge in [0.1, 0.15) is 17.2 Å². The van der Waals surface area contributed by atoms with Gasteiger partial charge in [-0.25, -0.2) is 4.98 Å². The maximum Gasteiger partial charge on any atom is 0.132 e. The first-order valence-electron chi connectivity index (χ1n) is 8.79. The molecular formula is C20H25N3O. The second-order valence-corrected chi connectivity index (χ2v) is 7.19. The first kappa shape index (κ1) is 15.5. The molecular weight excluding hydrogens is 298 g/mol. The van der Waals surface area contributed by atoms with Crippen molar-refractivity contribution in [2.75, 3.05) is 19.0 Å². The van der Waals surface area contributed by atoms with E-state index in [2.05, 4.69) is 45.5 Å². The summed E-state index contributed by atoms with van der Waals surface area (Å²) in [6.45, 7) is 0.816. The van der Waals surface area contributed by atoms with Crippen LogP contribution in [0.25, 0.3) is 0 Å². The minimum absolute atomic E-state index is 0.0608. The van der Waals surface area contributed by atoms with E-state index in [1.165, 1.54) is 30.4 Å². The SMILES string of the molecule is CN(C)c1ncccc1CNC1CC2(CCC2)Oc2ccccc21. The standard InChI is InChI=1S/C20H25N3O/c1-23(2)19-15(7-5-12-21-19)14-22-17-13-20(10-6-11-20)24-18-9-4-3-8-16(17)18/h3-5,7-9,12,17,22H,6,10-11,13-14H2,1-2H3. The average molecular weight is 323 g/mol. The second-order valence-electron chi connectivity index (χ2n) is 7.19. The number of aromatic nitrogens is 1. The van der Waals surface area contributed by atoms with Crippen LogP contribution in [-0.2, 0) is 6.54 Å². The lowest BCUT2D eigenvalue weighted by Gasteiger charge is -2.48. The maximum absolute atomic E-state index is 6.34. The maximum atomic E-state index is 6.34. The summed E-state index contributed by atoms with van der Waals surface area (Å²) < 4.78 is 6.34. The van der Waals surface area contributed by atoms with Gasteiger partial charge in [-0.3, -0.25) is 0 Å². The van der Waals surface area contributed by atoms with Crippen LogP contribution in [0.3, 0.4) is 0 Å². The van der Waals surface area contributed by atoms with Gasteiger partial charge in [-0.1, -0.05) is 24.3 Å². The molecule has 1 aliphatic heterocycles. The minimum Gasteiger partial charge on any atom is -0.487 e. The number of fused-ring (bicyclic) bond motifs is 1. The van der Waals surface area contributed by atoms with Crippen molar-refractivity contribution in [3.8, 4) is 5.75 Å². The zero-order chi connectivity index (χ0) is 16.6. The molecule has 1 aromatic heterocycles. The van der Waals surface area contributed by atoms with Crippen molar-refractivity contribution < 1.29 is 4.74 Å². The molecule has 1 fully saturated rings. The van der Waals surface area contributed by atoms with E-state index in [-0.39, 0.29) is 5.60 Å². The Balaban J connectivity index is 1.56. The van der Waals surface area contributed by atoms with E-state index in [4.69, 9.17) is 4.74 Å². The van der Waals surface area contributed by atoms with Gasteiger partial charge in [0.2, 0.25) is 0 Å². The van der Waals surface area contributed by atoms with Gasteiger partial charge in [0.15, 0.2) is 0 Å². The molecule has 4 rings (SSSR count). The minimum atomic E-state index is 0.0608. The van der Waals surface area contributed by atoms with Crippen LogP contribution in [0.15, 0.2) is 42.6 Å². The zero-order valence-electron chi connectivity index (χ0n) is 14.5. The average Bonchev–Trinajstić information content (AvgIpc) is 2.58. The van der Waals surface area contributed by atoms with E-state index < -0.39 is 0 Å². The molecule has 1 N–H and O–H groups in total. The number of hydrogen-bond donors (Lipinski definition) is 1. The molecule has 1 saturated carbocycles. The molecule has 0 radical (unpaired) electrons. The molecule has 1 aliphatic carbocycles. The topological polar surface area (TPSA) is 37.4 Å². The number of ether oxygens (including phenoxy) is 1. The van der Waals surface area contributed by atoms with Crippen LogP contribution in [-0.4, -0.2) is 24.7 Å². The van der Waals surface area contributed by atoms with Crippen LogP contribution < -0.4 is 15.0 Å². The molecule has 126 valence electrons. The number of para-hydroxylation sites is 1. The molecule has 0 bridgehead atoms. The first-order chi connectivity index (χ1) is 11.7. The van der Waals surface area contributed by atoms with Crippen molar-refractivity contribution in [1.29, 1.82) is 0 Å². The Kier molecular flexibility index (Phi) is 3.93. The van der Waals surface area contributed by atoms with Gasteiger partial charge in [0.25, 0.3) is 0 Å². The van der Waals surface area contributed by atoms with Crippen molar-refractivity contribution in [3.63, 3.8) is 0 Å². The molecule has 4 heteroatoms. The quantitative estimate of drug-likeness (QED) is 0.931. The Bertz CT molecular complexity index is 724. The van der Waals surface area contributed by atoms with E-state index in [9.17, 15) is 0 Å². The van der Waals surface area contributed by atoms with Gasteiger partial charge < -0.3 is 15.0 Å². The van der Waals surface area contributed by atoms with Crippen molar-refractivity contribution in [3.05, 3.63) is 53.7 Å². The fraction of sp³-hybridized carbons (Fsp3) is 0.450. The summed E-state index contributed by atoms with van der Waals surface area (Å²) in [5.41, 5.74) is 2.57. The third-order valence-electron chi connectivity index (χ3n) is 5.29. The first-order valence-corrected chi connectivity index (χ1v) is 8.79. The summed E-state index contributed by atoms with van der Waals surface area (Å²) in [4.78, 5) is 6.58. The highest BCUT2D eigenvalue weighted by atomic mass is 16.5. The second kappa shape index (κ2) is 6.10. The van der Waals surface area contributed by atoms with Crippen LogP contribution in [0.5, 0.6) is 5.75 Å². The van der Waals surface area contributed by atoms with Gasteiger partial charge in [-0.05, 0) is 31.4 Å². The van der Waals surface area contributed by atoms with Crippen LogP contribution in [0, 0.1) is 0 Å². The Labute approximate surface area is 143 Å². The van der Waals surface area contributed by atoms with E-state index in [0.717, 1.165) is 24.5 Å². The monoisotopic (exact) mass is 323 g/mol. The molecule has 2 aromatic rings. The summed E-state index contributed by atoms with van der Waals surface area (Å²) >= 11 is 0. The van der Waals surface area contributed by atoms with Gasteiger partial charge in [0, 0.05) is 50.4 Å². The van der Waals surface area contributed by atoms with E-state index in [0.29, 0.717) is 6.04 Å². The third-order valence-corrected chi connectivity index (χ3v) is 5.29. The Morgan fingerprint density at radius 1 is 1.21 bits per heavy atom. The summed E-state index contributed by atoms with van der Waals surface area (Å²) in [6.07, 6.45) is 6.54. The summed E-state index contributed by atoms with van der Waals surface area (Å²) in [6, 6.07) is 13.0. The molecule has 4 nitrogen and oxygen atoms in total. The molecule has 24 heavy (non-hydrogen) atoms. The summed E-state index contributed by atoms with van der Waals surface area (Å²) in [7, 11) is 4.08.